The van der Waals surface area contributed by atoms with Crippen LogP contribution in [0.4, 0.5) is 5.69 Å². The molecular weight excluding hydrogens is 476 g/mol. The molecule has 1 N–H and O–H groups in total. The van der Waals surface area contributed by atoms with Crippen LogP contribution >= 0.6 is 11.8 Å². The molecule has 4 aromatic carbocycles. The molecular formula is C32H28N2O2S. The van der Waals surface area contributed by atoms with Gasteiger partial charge in [0.05, 0.1) is 17.1 Å². The zero-order valence-electron chi connectivity index (χ0n) is 20.7. The van der Waals surface area contributed by atoms with E-state index in [4.69, 9.17) is 0 Å². The normalized spacial score (nSPS) is 13.9. The Morgan fingerprint density at radius 1 is 0.838 bits per heavy atom. The van der Waals surface area contributed by atoms with E-state index in [1.807, 2.05) is 65.6 Å². The van der Waals surface area contributed by atoms with Crippen molar-refractivity contribution in [3.63, 3.8) is 0 Å². The van der Waals surface area contributed by atoms with Crippen molar-refractivity contribution in [1.29, 1.82) is 0 Å². The summed E-state index contributed by atoms with van der Waals surface area (Å²) in [5.74, 6) is -0.122. The Bertz CT molecular complexity index is 1430. The lowest BCUT2D eigenvalue weighted by atomic mass is 10.1. The van der Waals surface area contributed by atoms with Crippen molar-refractivity contribution >= 4 is 35.3 Å². The van der Waals surface area contributed by atoms with E-state index in [9.17, 15) is 9.59 Å². The number of anilines is 1. The molecule has 184 valence electrons. The Kier molecular flexibility index (Phi) is 7.52. The van der Waals surface area contributed by atoms with E-state index in [0.29, 0.717) is 23.6 Å². The molecule has 0 saturated heterocycles. The predicted molar refractivity (Wildman–Crippen MR) is 152 cm³/mol. The minimum absolute atomic E-state index is 0.0213. The van der Waals surface area contributed by atoms with Gasteiger partial charge in [0.1, 0.15) is 0 Å². The van der Waals surface area contributed by atoms with Crippen LogP contribution in [0.5, 0.6) is 0 Å². The maximum Gasteiger partial charge on any atom is 0.265 e. The molecule has 0 fully saturated rings. The van der Waals surface area contributed by atoms with Gasteiger partial charge in [-0.2, -0.15) is 0 Å². The number of rotatable bonds is 7. The Hall–Kier alpha value is -4.09. The first-order valence-corrected chi connectivity index (χ1v) is 13.2. The molecule has 5 rings (SSSR count). The van der Waals surface area contributed by atoms with Crippen molar-refractivity contribution < 1.29 is 9.59 Å². The van der Waals surface area contributed by atoms with E-state index in [1.54, 1.807) is 12.1 Å². The van der Waals surface area contributed by atoms with E-state index < -0.39 is 0 Å². The lowest BCUT2D eigenvalue weighted by Crippen LogP contribution is -2.33. The summed E-state index contributed by atoms with van der Waals surface area (Å²) in [4.78, 5) is 29.7. The Morgan fingerprint density at radius 3 is 2.30 bits per heavy atom. The van der Waals surface area contributed by atoms with Crippen LogP contribution in [0.15, 0.2) is 113 Å². The first-order chi connectivity index (χ1) is 18.1. The van der Waals surface area contributed by atoms with Gasteiger partial charge in [0.2, 0.25) is 0 Å². The van der Waals surface area contributed by atoms with Crippen LogP contribution in [0.25, 0.3) is 6.08 Å². The highest BCUT2D eigenvalue weighted by Crippen LogP contribution is 2.42. The van der Waals surface area contributed by atoms with Gasteiger partial charge in [0.25, 0.3) is 11.8 Å². The lowest BCUT2D eigenvalue weighted by Gasteiger charge is -2.30. The smallest absolute Gasteiger partial charge is 0.265 e. The summed E-state index contributed by atoms with van der Waals surface area (Å²) in [6.45, 7) is 3.15. The van der Waals surface area contributed by atoms with Crippen molar-refractivity contribution in [2.45, 2.75) is 24.8 Å². The number of fused-ring (bicyclic) bond motifs is 1. The number of benzene rings is 4. The molecule has 0 aliphatic carbocycles. The van der Waals surface area contributed by atoms with Gasteiger partial charge in [-0.05, 0) is 60.4 Å². The van der Waals surface area contributed by atoms with Gasteiger partial charge in [-0.15, -0.1) is 0 Å². The number of nitrogens with zero attached hydrogens (tertiary/aromatic N) is 1. The molecule has 0 saturated carbocycles. The van der Waals surface area contributed by atoms with E-state index in [2.05, 4.69) is 48.6 Å². The number of hydrogen-bond donors (Lipinski definition) is 1. The molecule has 0 unspecified atom stereocenters. The van der Waals surface area contributed by atoms with Crippen molar-refractivity contribution in [2.24, 2.45) is 0 Å². The molecule has 2 amide bonds. The molecule has 0 spiro atoms. The quantitative estimate of drug-likeness (QED) is 0.287. The monoisotopic (exact) mass is 504 g/mol. The van der Waals surface area contributed by atoms with Gasteiger partial charge in [-0.25, -0.2) is 0 Å². The second-order valence-electron chi connectivity index (χ2n) is 9.07. The summed E-state index contributed by atoms with van der Waals surface area (Å²) in [6.07, 6.45) is 2.69. The summed E-state index contributed by atoms with van der Waals surface area (Å²) in [5.41, 5.74) is 5.88. The van der Waals surface area contributed by atoms with Crippen molar-refractivity contribution in [3.8, 4) is 0 Å². The molecule has 37 heavy (non-hydrogen) atoms. The molecule has 4 nitrogen and oxygen atoms in total. The van der Waals surface area contributed by atoms with Gasteiger partial charge in [-0.3, -0.25) is 9.59 Å². The number of amides is 2. The molecule has 0 bridgehead atoms. The molecule has 1 heterocycles. The van der Waals surface area contributed by atoms with Crippen LogP contribution in [0.3, 0.4) is 0 Å². The summed E-state index contributed by atoms with van der Waals surface area (Å²) in [6, 6.07) is 33.8. The molecule has 1 aliphatic heterocycles. The van der Waals surface area contributed by atoms with Crippen molar-refractivity contribution in [3.05, 3.63) is 136 Å². The van der Waals surface area contributed by atoms with Gasteiger partial charge >= 0.3 is 0 Å². The first kappa shape index (κ1) is 24.6. The third kappa shape index (κ3) is 6.01. The van der Waals surface area contributed by atoms with Crippen molar-refractivity contribution in [2.75, 3.05) is 11.4 Å². The van der Waals surface area contributed by atoms with Crippen LogP contribution in [0.1, 0.15) is 32.6 Å². The van der Waals surface area contributed by atoms with Crippen LogP contribution in [-0.2, 0) is 17.8 Å². The van der Waals surface area contributed by atoms with Gasteiger partial charge in [0.15, 0.2) is 0 Å². The van der Waals surface area contributed by atoms with Gasteiger partial charge in [-0.1, -0.05) is 96.2 Å². The minimum atomic E-state index is -0.101. The number of para-hydroxylation sites is 1. The first-order valence-electron chi connectivity index (χ1n) is 12.3. The topological polar surface area (TPSA) is 49.4 Å². The minimum Gasteiger partial charge on any atom is -0.352 e. The fraction of sp³-hybridized carbons (Fsp3) is 0.125. The predicted octanol–water partition coefficient (Wildman–Crippen LogP) is 6.65. The third-order valence-electron chi connectivity index (χ3n) is 6.31. The summed E-state index contributed by atoms with van der Waals surface area (Å²) < 4.78 is 0. The highest BCUT2D eigenvalue weighted by Gasteiger charge is 2.29. The zero-order valence-corrected chi connectivity index (χ0v) is 21.5. The average molecular weight is 505 g/mol. The lowest BCUT2D eigenvalue weighted by molar-refractivity contribution is -0.114. The molecule has 5 heteroatoms. The highest BCUT2D eigenvalue weighted by atomic mass is 32.2. The number of carbonyl (C=O) groups is 2. The number of hydrogen-bond acceptors (Lipinski definition) is 3. The summed E-state index contributed by atoms with van der Waals surface area (Å²) in [5, 5.41) is 2.98. The largest absolute Gasteiger partial charge is 0.352 e. The average Bonchev–Trinajstić information content (AvgIpc) is 2.93. The Balaban J connectivity index is 1.30. The standard InChI is InChI=1S/C32H28N2O2S/c1-23-11-13-26(14-12-23)22-34-28-9-5-6-10-29(28)37-30(32(34)36)21-25-15-17-27(18-16-25)31(35)33-20-19-24-7-3-2-4-8-24/h2-18,21H,19-20,22H2,1H3,(H,33,35)/b30-21+. The SMILES string of the molecule is Cc1ccc(CN2C(=O)/C(=C\c3ccc(C(=O)NCCc4ccccc4)cc3)Sc3ccccc32)cc1. The van der Waals surface area contributed by atoms with E-state index in [-0.39, 0.29) is 11.8 Å². The zero-order chi connectivity index (χ0) is 25.6. The molecule has 0 aromatic heterocycles. The summed E-state index contributed by atoms with van der Waals surface area (Å²) >= 11 is 1.49. The van der Waals surface area contributed by atoms with Gasteiger partial charge in [0, 0.05) is 17.0 Å². The molecule has 1 aliphatic rings. The van der Waals surface area contributed by atoms with E-state index in [0.717, 1.165) is 28.1 Å². The Morgan fingerprint density at radius 2 is 1.54 bits per heavy atom. The van der Waals surface area contributed by atoms with Crippen LogP contribution in [-0.4, -0.2) is 18.4 Å². The maximum atomic E-state index is 13.5. The fourth-order valence-electron chi connectivity index (χ4n) is 4.24. The van der Waals surface area contributed by atoms with E-state index in [1.165, 1.54) is 22.9 Å². The van der Waals surface area contributed by atoms with Crippen LogP contribution < -0.4 is 10.2 Å². The van der Waals surface area contributed by atoms with Gasteiger partial charge < -0.3 is 10.2 Å². The number of nitrogens with one attached hydrogen (secondary N) is 1. The highest BCUT2D eigenvalue weighted by molar-refractivity contribution is 8.04. The molecule has 0 atom stereocenters. The third-order valence-corrected chi connectivity index (χ3v) is 7.38. The second kappa shape index (κ2) is 11.3. The molecule has 4 aromatic rings. The number of thioether (sulfide) groups is 1. The van der Waals surface area contributed by atoms with Crippen LogP contribution in [0.2, 0.25) is 0 Å². The van der Waals surface area contributed by atoms with E-state index >= 15 is 0 Å². The fourth-order valence-corrected chi connectivity index (χ4v) is 5.30. The number of aryl methyl sites for hydroxylation is 1. The maximum absolute atomic E-state index is 13.5. The number of carbonyl (C=O) groups excluding carboxylic acids is 2. The molecule has 0 radical (unpaired) electrons. The van der Waals surface area contributed by atoms with Crippen LogP contribution in [0, 0.1) is 6.92 Å². The van der Waals surface area contributed by atoms with Crippen molar-refractivity contribution in [1.82, 2.24) is 5.32 Å². The summed E-state index contributed by atoms with van der Waals surface area (Å²) in [7, 11) is 0. The second-order valence-corrected chi connectivity index (χ2v) is 10.2. The Labute approximate surface area is 222 Å².